The van der Waals surface area contributed by atoms with Crippen molar-refractivity contribution in [1.82, 2.24) is 20.4 Å². The number of nitrogens with one attached hydrogen (secondary N) is 1. The maximum Gasteiger partial charge on any atom is 0.251 e. The number of carbonyl (C=O) groups is 2. The highest BCUT2D eigenvalue weighted by Crippen LogP contribution is 2.18. The molecule has 1 aliphatic carbocycles. The molecule has 1 aliphatic heterocycles. The molecule has 8 heteroatoms. The third-order valence-electron chi connectivity index (χ3n) is 4.54. The van der Waals surface area contributed by atoms with Crippen LogP contribution >= 0.6 is 0 Å². The first-order valence-corrected chi connectivity index (χ1v) is 8.61. The van der Waals surface area contributed by atoms with Gasteiger partial charge in [-0.1, -0.05) is 18.0 Å². The third-order valence-corrected chi connectivity index (χ3v) is 4.54. The number of carbonyl (C=O) groups excluding carboxylic acids is 2. The zero-order valence-electron chi connectivity index (χ0n) is 14.0. The molecule has 1 saturated heterocycles. The van der Waals surface area contributed by atoms with E-state index in [9.17, 15) is 9.59 Å². The summed E-state index contributed by atoms with van der Waals surface area (Å²) in [6.07, 6.45) is 4.52. The lowest BCUT2D eigenvalue weighted by molar-refractivity contribution is -0.147. The van der Waals surface area contributed by atoms with E-state index in [2.05, 4.69) is 15.5 Å². The van der Waals surface area contributed by atoms with Crippen LogP contribution in [0.25, 0.3) is 0 Å². The van der Waals surface area contributed by atoms with Crippen LogP contribution in [0.5, 0.6) is 0 Å². The van der Waals surface area contributed by atoms with Crippen molar-refractivity contribution >= 4 is 11.8 Å². The molecule has 1 saturated carbocycles. The monoisotopic (exact) mass is 336 g/mol. The Hall–Kier alpha value is -1.96. The standard InChI is InChI=1S/C16H24N4O4/c1-11-17-14(24-19-11)6-7-15(21)20-8-9-23-13(10-20)16(22)18-12-4-2-3-5-12/h12-13H,2-10H2,1H3,(H,18,22)/t13-/m0/s1. The molecule has 2 fully saturated rings. The Morgan fingerprint density at radius 2 is 2.12 bits per heavy atom. The number of hydrogen-bond acceptors (Lipinski definition) is 6. The smallest absolute Gasteiger partial charge is 0.251 e. The molecule has 0 spiro atoms. The lowest BCUT2D eigenvalue weighted by atomic mass is 10.2. The van der Waals surface area contributed by atoms with Gasteiger partial charge in [0, 0.05) is 25.4 Å². The van der Waals surface area contributed by atoms with Crippen LogP contribution in [0.2, 0.25) is 0 Å². The van der Waals surface area contributed by atoms with Crippen molar-refractivity contribution in [2.24, 2.45) is 0 Å². The molecule has 0 radical (unpaired) electrons. The summed E-state index contributed by atoms with van der Waals surface area (Å²) in [4.78, 5) is 30.4. The van der Waals surface area contributed by atoms with Gasteiger partial charge in [-0.25, -0.2) is 0 Å². The summed E-state index contributed by atoms with van der Waals surface area (Å²) in [6.45, 7) is 2.94. The van der Waals surface area contributed by atoms with E-state index in [1.165, 1.54) is 0 Å². The van der Waals surface area contributed by atoms with Crippen LogP contribution in [-0.4, -0.2) is 58.7 Å². The van der Waals surface area contributed by atoms with Crippen LogP contribution < -0.4 is 5.32 Å². The normalized spacial score (nSPS) is 21.9. The average Bonchev–Trinajstić information content (AvgIpc) is 3.24. The molecule has 24 heavy (non-hydrogen) atoms. The minimum absolute atomic E-state index is 0.0205. The van der Waals surface area contributed by atoms with Crippen molar-refractivity contribution in [3.8, 4) is 0 Å². The summed E-state index contributed by atoms with van der Waals surface area (Å²) < 4.78 is 10.6. The molecular weight excluding hydrogens is 312 g/mol. The Morgan fingerprint density at radius 3 is 2.83 bits per heavy atom. The van der Waals surface area contributed by atoms with Gasteiger partial charge in [0.2, 0.25) is 11.8 Å². The number of morpholine rings is 1. The highest BCUT2D eigenvalue weighted by molar-refractivity contribution is 5.83. The van der Waals surface area contributed by atoms with Gasteiger partial charge in [-0.3, -0.25) is 9.59 Å². The minimum atomic E-state index is -0.575. The summed E-state index contributed by atoms with van der Waals surface area (Å²) in [6, 6.07) is 0.257. The lowest BCUT2D eigenvalue weighted by Gasteiger charge is -2.32. The SMILES string of the molecule is Cc1noc(CCC(=O)N2CCO[C@H](C(=O)NC3CCCC3)C2)n1. The van der Waals surface area contributed by atoms with Crippen LogP contribution in [0.4, 0.5) is 0 Å². The van der Waals surface area contributed by atoms with E-state index in [1.54, 1.807) is 11.8 Å². The Bertz CT molecular complexity index is 582. The molecule has 2 heterocycles. The van der Waals surface area contributed by atoms with Gasteiger partial charge < -0.3 is 19.5 Å². The molecule has 8 nitrogen and oxygen atoms in total. The Kier molecular flexibility index (Phi) is 5.44. The van der Waals surface area contributed by atoms with Crippen molar-refractivity contribution in [1.29, 1.82) is 0 Å². The quantitative estimate of drug-likeness (QED) is 0.845. The molecule has 2 aliphatic rings. The van der Waals surface area contributed by atoms with Crippen molar-refractivity contribution in [3.05, 3.63) is 11.7 Å². The fourth-order valence-corrected chi connectivity index (χ4v) is 3.21. The highest BCUT2D eigenvalue weighted by atomic mass is 16.5. The maximum atomic E-state index is 12.3. The van der Waals surface area contributed by atoms with Gasteiger partial charge in [-0.15, -0.1) is 0 Å². The molecule has 2 amide bonds. The first-order valence-electron chi connectivity index (χ1n) is 8.61. The van der Waals surface area contributed by atoms with Gasteiger partial charge in [0.05, 0.1) is 13.2 Å². The van der Waals surface area contributed by atoms with Crippen molar-refractivity contribution < 1.29 is 18.8 Å². The van der Waals surface area contributed by atoms with Crippen LogP contribution in [0.1, 0.15) is 43.8 Å². The second kappa shape index (κ2) is 7.74. The molecule has 132 valence electrons. The third kappa shape index (κ3) is 4.31. The van der Waals surface area contributed by atoms with Crippen molar-refractivity contribution in [2.45, 2.75) is 57.6 Å². The van der Waals surface area contributed by atoms with Crippen LogP contribution in [-0.2, 0) is 20.7 Å². The second-order valence-corrected chi connectivity index (χ2v) is 6.42. The number of aromatic nitrogens is 2. The van der Waals surface area contributed by atoms with Gasteiger partial charge in [0.1, 0.15) is 0 Å². The topological polar surface area (TPSA) is 97.6 Å². The summed E-state index contributed by atoms with van der Waals surface area (Å²) >= 11 is 0. The number of aryl methyl sites for hydroxylation is 2. The van der Waals surface area contributed by atoms with E-state index >= 15 is 0 Å². The lowest BCUT2D eigenvalue weighted by Crippen LogP contribution is -2.52. The summed E-state index contributed by atoms with van der Waals surface area (Å²) in [5.41, 5.74) is 0. The number of amides is 2. The fourth-order valence-electron chi connectivity index (χ4n) is 3.21. The number of ether oxygens (including phenoxy) is 1. The van der Waals surface area contributed by atoms with E-state index in [4.69, 9.17) is 9.26 Å². The average molecular weight is 336 g/mol. The number of nitrogens with zero attached hydrogens (tertiary/aromatic N) is 3. The summed E-state index contributed by atoms with van der Waals surface area (Å²) in [7, 11) is 0. The first-order chi connectivity index (χ1) is 11.6. The van der Waals surface area contributed by atoms with Crippen molar-refractivity contribution in [2.75, 3.05) is 19.7 Å². The van der Waals surface area contributed by atoms with Crippen LogP contribution in [0.3, 0.4) is 0 Å². The zero-order valence-corrected chi connectivity index (χ0v) is 14.0. The Morgan fingerprint density at radius 1 is 1.33 bits per heavy atom. The van der Waals surface area contributed by atoms with Crippen LogP contribution in [0.15, 0.2) is 4.52 Å². The molecule has 0 unspecified atom stereocenters. The Labute approximate surface area is 140 Å². The fraction of sp³-hybridized carbons (Fsp3) is 0.750. The second-order valence-electron chi connectivity index (χ2n) is 6.42. The number of hydrogen-bond donors (Lipinski definition) is 1. The summed E-state index contributed by atoms with van der Waals surface area (Å²) in [5.74, 6) is 0.900. The van der Waals surface area contributed by atoms with E-state index in [0.717, 1.165) is 25.7 Å². The first kappa shape index (κ1) is 16.9. The molecule has 1 aromatic rings. The largest absolute Gasteiger partial charge is 0.365 e. The molecule has 1 aromatic heterocycles. The predicted molar refractivity (Wildman–Crippen MR) is 84.1 cm³/mol. The predicted octanol–water partition coefficient (Wildman–Crippen LogP) is 0.597. The van der Waals surface area contributed by atoms with Gasteiger partial charge in [0.25, 0.3) is 5.91 Å². The van der Waals surface area contributed by atoms with Crippen LogP contribution in [0, 0.1) is 6.92 Å². The van der Waals surface area contributed by atoms with Gasteiger partial charge in [0.15, 0.2) is 11.9 Å². The molecule has 0 bridgehead atoms. The van der Waals surface area contributed by atoms with Gasteiger partial charge in [-0.05, 0) is 19.8 Å². The van der Waals surface area contributed by atoms with Gasteiger partial charge >= 0.3 is 0 Å². The molecule has 0 aromatic carbocycles. The molecule has 1 atom stereocenters. The molecule has 1 N–H and O–H groups in total. The van der Waals surface area contributed by atoms with E-state index < -0.39 is 6.10 Å². The highest BCUT2D eigenvalue weighted by Gasteiger charge is 2.30. The van der Waals surface area contributed by atoms with Gasteiger partial charge in [-0.2, -0.15) is 4.98 Å². The van der Waals surface area contributed by atoms with E-state index in [-0.39, 0.29) is 17.9 Å². The summed E-state index contributed by atoms with van der Waals surface area (Å²) in [5, 5.41) is 6.74. The maximum absolute atomic E-state index is 12.3. The Balaban J connectivity index is 1.46. The van der Waals surface area contributed by atoms with Crippen molar-refractivity contribution in [3.63, 3.8) is 0 Å². The zero-order chi connectivity index (χ0) is 16.9. The van der Waals surface area contributed by atoms with E-state index in [0.29, 0.717) is 44.3 Å². The minimum Gasteiger partial charge on any atom is -0.365 e. The number of rotatable bonds is 5. The van der Waals surface area contributed by atoms with E-state index in [1.807, 2.05) is 0 Å². The molecular formula is C16H24N4O4. The molecule has 3 rings (SSSR count).